The highest BCUT2D eigenvalue weighted by Crippen LogP contribution is 2.33. The second-order valence-corrected chi connectivity index (χ2v) is 9.65. The smallest absolute Gasteiger partial charge is 0.430 e. The molecule has 4 N–H and O–H groups in total. The molecule has 0 spiro atoms. The predicted octanol–water partition coefficient (Wildman–Crippen LogP) is 3.62. The Balaban J connectivity index is 0.000000587. The molecule has 0 bridgehead atoms. The fourth-order valence-electron chi connectivity index (χ4n) is 4.43. The lowest BCUT2D eigenvalue weighted by atomic mass is 9.89. The molecule has 1 aliphatic heterocycles. The Bertz CT molecular complexity index is 1360. The minimum atomic E-state index is -5.19. The van der Waals surface area contributed by atoms with Crippen molar-refractivity contribution in [2.75, 3.05) is 5.32 Å². The van der Waals surface area contributed by atoms with E-state index in [1.54, 1.807) is 6.92 Å². The monoisotopic (exact) mass is 572 g/mol. The number of carbonyl (C=O) groups is 4. The van der Waals surface area contributed by atoms with Crippen LogP contribution in [0, 0.1) is 0 Å². The van der Waals surface area contributed by atoms with Crippen LogP contribution in [0.25, 0.3) is 11.3 Å². The Morgan fingerprint density at radius 3 is 2.37 bits per heavy atom. The molecule has 2 amide bonds. The van der Waals surface area contributed by atoms with E-state index in [4.69, 9.17) is 9.90 Å². The number of para-hydroxylation sites is 1. The van der Waals surface area contributed by atoms with E-state index in [1.165, 1.54) is 0 Å². The third-order valence-electron chi connectivity index (χ3n) is 6.46. The molecule has 4 rings (SSSR count). The number of ketones is 1. The van der Waals surface area contributed by atoms with E-state index in [2.05, 4.69) is 20.6 Å². The van der Waals surface area contributed by atoms with Crippen molar-refractivity contribution in [3.8, 4) is 11.3 Å². The van der Waals surface area contributed by atoms with Gasteiger partial charge in [-0.1, -0.05) is 61.4 Å². The van der Waals surface area contributed by atoms with Crippen LogP contribution in [0.3, 0.4) is 0 Å². The summed E-state index contributed by atoms with van der Waals surface area (Å²) in [5.41, 5.74) is 3.51. The number of imidazole rings is 1. The molecule has 1 aliphatic rings. The number of rotatable bonds is 10. The van der Waals surface area contributed by atoms with Crippen LogP contribution in [-0.4, -0.2) is 34.7 Å². The highest BCUT2D eigenvalue weighted by atomic mass is 19.4. The number of aromatic amines is 2. The fourth-order valence-corrected chi connectivity index (χ4v) is 4.43. The van der Waals surface area contributed by atoms with E-state index in [9.17, 15) is 27.6 Å². The maximum absolute atomic E-state index is 13.4. The van der Waals surface area contributed by atoms with Crippen LogP contribution in [0.15, 0.2) is 60.8 Å². The molecule has 218 valence electrons. The Morgan fingerprint density at radius 2 is 1.71 bits per heavy atom. The van der Waals surface area contributed by atoms with Gasteiger partial charge in [-0.05, 0) is 31.4 Å². The largest absolute Gasteiger partial charge is 0.542 e. The van der Waals surface area contributed by atoms with Crippen molar-refractivity contribution in [3.63, 3.8) is 0 Å². The van der Waals surface area contributed by atoms with Crippen LogP contribution in [0.5, 0.6) is 0 Å². The molecule has 1 aromatic heterocycles. The molecule has 0 aliphatic carbocycles. The number of carboxylic acids is 1. The quantitative estimate of drug-likeness (QED) is 0.318. The molecule has 41 heavy (non-hydrogen) atoms. The highest BCUT2D eigenvalue weighted by Gasteiger charge is 2.33. The Kier molecular flexibility index (Phi) is 10.8. The lowest BCUT2D eigenvalue weighted by Crippen LogP contribution is -2.38. The number of aromatic nitrogens is 2. The van der Waals surface area contributed by atoms with Crippen LogP contribution < -0.4 is 20.7 Å². The zero-order chi connectivity index (χ0) is 30.0. The van der Waals surface area contributed by atoms with Gasteiger partial charge in [0.2, 0.25) is 11.8 Å². The molecule has 0 fully saturated rings. The molecular formula is C29H31F3N4O5. The molecule has 9 nitrogen and oxygen atoms in total. The van der Waals surface area contributed by atoms with Crippen molar-refractivity contribution in [3.05, 3.63) is 72.2 Å². The fraction of sp³-hybridized carbons (Fsp3) is 0.345. The number of Topliss-reactive ketones (excluding diaryl/α,β-unsaturated/α-hetero) is 1. The molecule has 1 unspecified atom stereocenters. The molecule has 0 radical (unpaired) electrons. The number of aliphatic carboxylic acids is 1. The van der Waals surface area contributed by atoms with E-state index in [0.717, 1.165) is 48.3 Å². The first-order valence-electron chi connectivity index (χ1n) is 13.1. The number of halogens is 3. The number of H-pyrrole nitrogens is 2. The van der Waals surface area contributed by atoms with Crippen LogP contribution in [0.4, 0.5) is 18.9 Å². The minimum Gasteiger partial charge on any atom is -0.542 e. The first-order chi connectivity index (χ1) is 19.5. The van der Waals surface area contributed by atoms with Crippen LogP contribution >= 0.6 is 0 Å². The van der Waals surface area contributed by atoms with Gasteiger partial charge in [0.15, 0.2) is 5.69 Å². The van der Waals surface area contributed by atoms with Crippen molar-refractivity contribution < 1.29 is 42.4 Å². The number of nitrogens with one attached hydrogen (secondary N) is 4. The van der Waals surface area contributed by atoms with Crippen molar-refractivity contribution in [1.29, 1.82) is 0 Å². The molecule has 0 saturated heterocycles. The number of fused-ring (bicyclic) bond motifs is 1. The lowest BCUT2D eigenvalue weighted by molar-refractivity contribution is -0.391. The standard InChI is InChI=1S/C27H30N4O3.C2HF3O2/c1-18(32)10-4-2-7-15-23(26-28-17-24(30-26)19-11-5-3-6-12-19)31-27(34)21-16-25(33)29-22-14-9-8-13-20(21)22;3-2(4,5)1(6)7/h3,5-6,8-9,11-14,17,21,23H,2,4,7,10,15-16H2,1H3,(H,28,30)(H,29,33)(H,31,34);(H,6,7)/t21?,23-;/m0./s1. The summed E-state index contributed by atoms with van der Waals surface area (Å²) in [5.74, 6) is -2.85. The van der Waals surface area contributed by atoms with Crippen molar-refractivity contribution in [2.45, 2.75) is 63.6 Å². The molecule has 12 heteroatoms. The minimum absolute atomic E-state index is 0.123. The third-order valence-corrected chi connectivity index (χ3v) is 6.46. The number of carbonyl (C=O) groups excluding carboxylic acids is 4. The lowest BCUT2D eigenvalue weighted by Gasteiger charge is -2.26. The van der Waals surface area contributed by atoms with Crippen LogP contribution in [0.2, 0.25) is 0 Å². The average molecular weight is 573 g/mol. The Morgan fingerprint density at radius 1 is 1.05 bits per heavy atom. The van der Waals surface area contributed by atoms with Gasteiger partial charge in [-0.2, -0.15) is 13.2 Å². The molecule has 2 aromatic carbocycles. The van der Waals surface area contributed by atoms with Gasteiger partial charge in [0.05, 0.1) is 5.92 Å². The summed E-state index contributed by atoms with van der Waals surface area (Å²) in [4.78, 5) is 52.4. The maximum atomic E-state index is 13.4. The topological polar surface area (TPSA) is 145 Å². The van der Waals surface area contributed by atoms with E-state index >= 15 is 0 Å². The second-order valence-electron chi connectivity index (χ2n) is 9.65. The zero-order valence-corrected chi connectivity index (χ0v) is 22.3. The van der Waals surface area contributed by atoms with Gasteiger partial charge in [-0.25, -0.2) is 9.97 Å². The molecule has 0 saturated carbocycles. The van der Waals surface area contributed by atoms with Gasteiger partial charge in [0, 0.05) is 24.1 Å². The first kappa shape index (κ1) is 31.1. The Hall–Kier alpha value is -4.48. The van der Waals surface area contributed by atoms with Crippen molar-refractivity contribution >= 4 is 29.3 Å². The number of hydrogen-bond donors (Lipinski definition) is 3. The number of carboxylic acid groups (broad SMARTS) is 1. The number of hydrogen-bond acceptors (Lipinski definition) is 5. The van der Waals surface area contributed by atoms with Gasteiger partial charge >= 0.3 is 6.18 Å². The maximum Gasteiger partial charge on any atom is 0.430 e. The van der Waals surface area contributed by atoms with Gasteiger partial charge in [-0.15, -0.1) is 0 Å². The van der Waals surface area contributed by atoms with Gasteiger partial charge in [0.25, 0.3) is 5.82 Å². The molecule has 2 atom stereocenters. The Labute approximate surface area is 234 Å². The molecular weight excluding hydrogens is 541 g/mol. The van der Waals surface area contributed by atoms with E-state index in [1.807, 2.05) is 60.8 Å². The number of alkyl halides is 3. The zero-order valence-electron chi connectivity index (χ0n) is 22.3. The summed E-state index contributed by atoms with van der Waals surface area (Å²) in [6.07, 6.45) is 0.754. The summed E-state index contributed by atoms with van der Waals surface area (Å²) in [6.45, 7) is 1.61. The van der Waals surface area contributed by atoms with E-state index < -0.39 is 18.1 Å². The summed E-state index contributed by atoms with van der Waals surface area (Å²) in [7, 11) is 0. The summed E-state index contributed by atoms with van der Waals surface area (Å²) < 4.78 is 31.5. The first-order valence-corrected chi connectivity index (χ1v) is 13.1. The number of benzene rings is 2. The molecule has 2 heterocycles. The third kappa shape index (κ3) is 9.30. The highest BCUT2D eigenvalue weighted by molar-refractivity contribution is 6.01. The second kappa shape index (κ2) is 14.2. The SMILES string of the molecule is CC(=O)CCCCC[C@H](NC(=O)C1CC(=O)Nc2ccccc21)c1[nH]c(-c2ccccc2)c[nH+]1.O=C([O-])C(F)(F)F. The van der Waals surface area contributed by atoms with Gasteiger partial charge in [0.1, 0.15) is 24.0 Å². The predicted molar refractivity (Wildman–Crippen MR) is 141 cm³/mol. The number of unbranched alkanes of at least 4 members (excludes halogenated alkanes) is 2. The van der Waals surface area contributed by atoms with Crippen molar-refractivity contribution in [1.82, 2.24) is 10.3 Å². The summed E-state index contributed by atoms with van der Waals surface area (Å²) in [5, 5.41) is 14.8. The van der Waals surface area contributed by atoms with E-state index in [-0.39, 0.29) is 30.1 Å². The normalized spacial score (nSPS) is 15.0. The van der Waals surface area contributed by atoms with Crippen LogP contribution in [-0.2, 0) is 19.2 Å². The van der Waals surface area contributed by atoms with E-state index in [0.29, 0.717) is 12.1 Å². The number of amides is 2. The summed E-state index contributed by atoms with van der Waals surface area (Å²) >= 11 is 0. The average Bonchev–Trinajstić information content (AvgIpc) is 3.42. The summed E-state index contributed by atoms with van der Waals surface area (Å²) in [6, 6.07) is 17.2. The van der Waals surface area contributed by atoms with Gasteiger partial charge in [-0.3, -0.25) is 9.59 Å². The molecule has 3 aromatic rings. The van der Waals surface area contributed by atoms with Crippen molar-refractivity contribution in [2.24, 2.45) is 0 Å². The number of anilines is 1. The van der Waals surface area contributed by atoms with Crippen LogP contribution in [0.1, 0.15) is 68.8 Å². The van der Waals surface area contributed by atoms with Gasteiger partial charge < -0.3 is 25.3 Å².